The highest BCUT2D eigenvalue weighted by molar-refractivity contribution is 7.89. The van der Waals surface area contributed by atoms with Gasteiger partial charge in [0.05, 0.1) is 9.79 Å². The molecule has 2 N–H and O–H groups in total. The summed E-state index contributed by atoms with van der Waals surface area (Å²) in [6.45, 7) is 0.230. The summed E-state index contributed by atoms with van der Waals surface area (Å²) in [5.41, 5.74) is 0. The third-order valence-electron chi connectivity index (χ3n) is 2.35. The van der Waals surface area contributed by atoms with E-state index in [2.05, 4.69) is 4.72 Å². The summed E-state index contributed by atoms with van der Waals surface area (Å²) >= 11 is -0.641. The van der Waals surface area contributed by atoms with Gasteiger partial charge in [0, 0.05) is 11.4 Å². The van der Waals surface area contributed by atoms with Crippen molar-refractivity contribution in [3.63, 3.8) is 0 Å². The van der Waals surface area contributed by atoms with E-state index >= 15 is 0 Å². The third-order valence-corrected chi connectivity index (χ3v) is 5.32. The van der Waals surface area contributed by atoms with E-state index < -0.39 is 21.1 Å². The second-order valence-corrected chi connectivity index (χ2v) is 7.39. The minimum atomic E-state index is -3.60. The van der Waals surface area contributed by atoms with Crippen molar-refractivity contribution >= 4 is 32.4 Å². The molecule has 1 heterocycles. The molecule has 0 bridgehead atoms. The Morgan fingerprint density at radius 3 is 2.42 bits per heavy atom. The highest BCUT2D eigenvalue weighted by atomic mass is 32.2. The van der Waals surface area contributed by atoms with Gasteiger partial charge in [-0.25, -0.2) is 17.3 Å². The summed E-state index contributed by atoms with van der Waals surface area (Å²) < 4.78 is 46.0. The van der Waals surface area contributed by atoms with Crippen LogP contribution >= 0.6 is 11.3 Å². The van der Waals surface area contributed by atoms with E-state index in [4.69, 9.17) is 4.55 Å². The molecule has 2 rings (SSSR count). The molecule has 8 heteroatoms. The summed E-state index contributed by atoms with van der Waals surface area (Å²) in [6, 6.07) is 8.93. The van der Waals surface area contributed by atoms with Gasteiger partial charge in [-0.15, -0.1) is 11.3 Å². The second-order valence-electron chi connectivity index (χ2n) is 3.62. The van der Waals surface area contributed by atoms with Crippen LogP contribution in [0.3, 0.4) is 0 Å². The van der Waals surface area contributed by atoms with Crippen LogP contribution in [0, 0.1) is 0 Å². The van der Waals surface area contributed by atoms with E-state index in [1.807, 2.05) is 17.5 Å². The van der Waals surface area contributed by atoms with Crippen molar-refractivity contribution in [2.45, 2.75) is 16.3 Å². The highest BCUT2D eigenvalue weighted by Crippen LogP contribution is 2.14. The lowest BCUT2D eigenvalue weighted by atomic mass is 10.4. The monoisotopic (exact) mass is 317 g/mol. The van der Waals surface area contributed by atoms with Crippen LogP contribution in [0.1, 0.15) is 4.88 Å². The first-order chi connectivity index (χ1) is 8.99. The Hall–Kier alpha value is -1.06. The molecule has 0 aliphatic rings. The van der Waals surface area contributed by atoms with Crippen molar-refractivity contribution in [2.24, 2.45) is 0 Å². The van der Waals surface area contributed by atoms with Crippen LogP contribution < -0.4 is 4.72 Å². The number of hydrogen-bond acceptors (Lipinski definition) is 4. The molecule has 0 saturated heterocycles. The van der Waals surface area contributed by atoms with E-state index in [1.54, 1.807) is 0 Å². The Kier molecular flexibility index (Phi) is 4.48. The topological polar surface area (TPSA) is 83.5 Å². The fraction of sp³-hybridized carbons (Fsp3) is 0.0909. The molecule has 0 fully saturated rings. The van der Waals surface area contributed by atoms with Crippen LogP contribution in [0.25, 0.3) is 0 Å². The first-order valence-electron chi connectivity index (χ1n) is 5.22. The predicted molar refractivity (Wildman–Crippen MR) is 73.8 cm³/mol. The van der Waals surface area contributed by atoms with Crippen LogP contribution in [-0.4, -0.2) is 17.2 Å². The number of sulfonamides is 1. The number of benzene rings is 1. The smallest absolute Gasteiger partial charge is 0.240 e. The molecule has 2 aromatic rings. The molecule has 1 aromatic heterocycles. The van der Waals surface area contributed by atoms with E-state index in [1.165, 1.54) is 35.6 Å². The SMILES string of the molecule is O=S(O)c1ccc(S(=O)(=O)NCc2cccs2)cc1. The van der Waals surface area contributed by atoms with Gasteiger partial charge in [0.25, 0.3) is 0 Å². The summed E-state index contributed by atoms with van der Waals surface area (Å²) in [4.78, 5) is 1.15. The van der Waals surface area contributed by atoms with Gasteiger partial charge in [0.2, 0.25) is 10.0 Å². The van der Waals surface area contributed by atoms with E-state index in [0.29, 0.717) is 0 Å². The maximum Gasteiger partial charge on any atom is 0.240 e. The quantitative estimate of drug-likeness (QED) is 0.824. The Morgan fingerprint density at radius 2 is 1.89 bits per heavy atom. The lowest BCUT2D eigenvalue weighted by molar-refractivity contribution is 0.563. The van der Waals surface area contributed by atoms with Crippen molar-refractivity contribution in [3.8, 4) is 0 Å². The molecule has 1 atom stereocenters. The van der Waals surface area contributed by atoms with Crippen molar-refractivity contribution in [2.75, 3.05) is 0 Å². The predicted octanol–water partition coefficient (Wildman–Crippen LogP) is 1.81. The zero-order valence-electron chi connectivity index (χ0n) is 9.65. The zero-order chi connectivity index (χ0) is 13.9. The van der Waals surface area contributed by atoms with Crippen LogP contribution in [0.2, 0.25) is 0 Å². The van der Waals surface area contributed by atoms with Crippen LogP contribution in [-0.2, 0) is 27.6 Å². The average Bonchev–Trinajstić information content (AvgIpc) is 2.90. The number of rotatable bonds is 5. The minimum Gasteiger partial charge on any atom is -0.302 e. The number of hydrogen-bond donors (Lipinski definition) is 2. The minimum absolute atomic E-state index is 0.0678. The van der Waals surface area contributed by atoms with Crippen molar-refractivity contribution in [3.05, 3.63) is 46.7 Å². The molecule has 0 saturated carbocycles. The lowest BCUT2D eigenvalue weighted by Gasteiger charge is -2.06. The van der Waals surface area contributed by atoms with Gasteiger partial charge in [-0.1, -0.05) is 6.07 Å². The summed E-state index contributed by atoms with van der Waals surface area (Å²) in [5.74, 6) is 0. The first-order valence-corrected chi connectivity index (χ1v) is 8.69. The Bertz CT molecular complexity index is 662. The molecular formula is C11H11NO4S3. The van der Waals surface area contributed by atoms with Gasteiger partial charge in [-0.2, -0.15) is 0 Å². The fourth-order valence-electron chi connectivity index (χ4n) is 1.40. The Balaban J connectivity index is 2.13. The van der Waals surface area contributed by atoms with Crippen molar-refractivity contribution in [1.29, 1.82) is 0 Å². The summed E-state index contributed by atoms with van der Waals surface area (Å²) in [7, 11) is -3.60. The molecule has 1 aromatic carbocycles. The maximum atomic E-state index is 12.0. The van der Waals surface area contributed by atoms with Crippen LogP contribution in [0.5, 0.6) is 0 Å². The van der Waals surface area contributed by atoms with Crippen molar-refractivity contribution in [1.82, 2.24) is 4.72 Å². The van der Waals surface area contributed by atoms with Gasteiger partial charge in [-0.3, -0.25) is 0 Å². The van der Waals surface area contributed by atoms with Gasteiger partial charge in [0.15, 0.2) is 11.1 Å². The van der Waals surface area contributed by atoms with Gasteiger partial charge >= 0.3 is 0 Å². The highest BCUT2D eigenvalue weighted by Gasteiger charge is 2.14. The standard InChI is InChI=1S/C11H11NO4S3/c13-18(14)10-3-5-11(6-4-10)19(15,16)12-8-9-2-1-7-17-9/h1-7,12H,8H2,(H,13,14). The maximum absolute atomic E-state index is 12.0. The normalized spacial score (nSPS) is 13.3. The van der Waals surface area contributed by atoms with Gasteiger partial charge in [0.1, 0.15) is 0 Å². The van der Waals surface area contributed by atoms with Gasteiger partial charge in [-0.05, 0) is 35.7 Å². The second kappa shape index (κ2) is 5.93. The van der Waals surface area contributed by atoms with Gasteiger partial charge < -0.3 is 4.55 Å². The summed E-state index contributed by atoms with van der Waals surface area (Å²) in [5, 5.41) is 1.87. The average molecular weight is 317 g/mol. The zero-order valence-corrected chi connectivity index (χ0v) is 12.1. The molecule has 0 aliphatic carbocycles. The van der Waals surface area contributed by atoms with E-state index in [-0.39, 0.29) is 16.3 Å². The Morgan fingerprint density at radius 1 is 1.21 bits per heavy atom. The van der Waals surface area contributed by atoms with Crippen LogP contribution in [0.4, 0.5) is 0 Å². The first kappa shape index (κ1) is 14.4. The van der Waals surface area contributed by atoms with Crippen molar-refractivity contribution < 1.29 is 17.2 Å². The Labute approximate surface area is 117 Å². The third kappa shape index (κ3) is 3.71. The molecule has 0 radical (unpaired) electrons. The molecule has 0 amide bonds. The van der Waals surface area contributed by atoms with E-state index in [9.17, 15) is 12.6 Å². The molecule has 19 heavy (non-hydrogen) atoms. The molecule has 102 valence electrons. The number of nitrogens with one attached hydrogen (secondary N) is 1. The molecule has 5 nitrogen and oxygen atoms in total. The van der Waals surface area contributed by atoms with Crippen LogP contribution in [0.15, 0.2) is 51.6 Å². The molecular weight excluding hydrogens is 306 g/mol. The summed E-state index contributed by atoms with van der Waals surface area (Å²) in [6.07, 6.45) is 0. The largest absolute Gasteiger partial charge is 0.302 e. The fourth-order valence-corrected chi connectivity index (χ4v) is 3.51. The number of thiophene rings is 1. The molecule has 1 unspecified atom stereocenters. The molecule has 0 spiro atoms. The van der Waals surface area contributed by atoms with E-state index in [0.717, 1.165) is 4.88 Å². The lowest BCUT2D eigenvalue weighted by Crippen LogP contribution is -2.22. The molecule has 0 aliphatic heterocycles.